The highest BCUT2D eigenvalue weighted by atomic mass is 32.2. The second kappa shape index (κ2) is 13.0. The maximum absolute atomic E-state index is 14.0. The van der Waals surface area contributed by atoms with E-state index < -0.39 is 45.3 Å². The molecule has 0 radical (unpaired) electrons. The van der Waals surface area contributed by atoms with Gasteiger partial charge in [-0.25, -0.2) is 4.21 Å². The van der Waals surface area contributed by atoms with Gasteiger partial charge in [-0.3, -0.25) is 14.3 Å². The van der Waals surface area contributed by atoms with E-state index in [9.17, 15) is 17.4 Å². The number of nitrogens with one attached hydrogen (secondary N) is 1. The molecular weight excluding hydrogens is 536 g/mol. The predicted molar refractivity (Wildman–Crippen MR) is 150 cm³/mol. The third-order valence-electron chi connectivity index (χ3n) is 6.73. The van der Waals surface area contributed by atoms with E-state index in [0.29, 0.717) is 24.2 Å². The maximum Gasteiger partial charge on any atom is 0.324 e. The summed E-state index contributed by atoms with van der Waals surface area (Å²) in [5.74, 6) is -0.442. The van der Waals surface area contributed by atoms with Crippen molar-refractivity contribution in [2.75, 3.05) is 13.7 Å². The Kier molecular flexibility index (Phi) is 9.68. The van der Waals surface area contributed by atoms with Crippen molar-refractivity contribution in [3.63, 3.8) is 0 Å². The Bertz CT molecular complexity index is 1380. The maximum atomic E-state index is 14.0. The lowest BCUT2D eigenvalue weighted by molar-refractivity contribution is -0.143. The highest BCUT2D eigenvalue weighted by Gasteiger charge is 2.48. The Morgan fingerprint density at radius 1 is 0.923 bits per heavy atom. The average molecular weight is 571 g/mol. The molecule has 39 heavy (non-hydrogen) atoms. The number of rotatable bonds is 11. The van der Waals surface area contributed by atoms with E-state index in [2.05, 4.69) is 5.32 Å². The van der Waals surface area contributed by atoms with Crippen LogP contribution in [0.1, 0.15) is 42.1 Å². The van der Waals surface area contributed by atoms with Gasteiger partial charge in [0.2, 0.25) is 0 Å². The van der Waals surface area contributed by atoms with Gasteiger partial charge < -0.3 is 4.74 Å². The number of unbranched alkanes of at least 4 members (excludes halogenated alkanes) is 1. The molecule has 4 atom stereocenters. The Morgan fingerprint density at radius 2 is 1.54 bits per heavy atom. The lowest BCUT2D eigenvalue weighted by atomic mass is 10.0. The zero-order valence-electron chi connectivity index (χ0n) is 22.3. The molecule has 1 saturated heterocycles. The van der Waals surface area contributed by atoms with Gasteiger partial charge in [0.15, 0.2) is 0 Å². The van der Waals surface area contributed by atoms with E-state index in [1.807, 2.05) is 72.7 Å². The Morgan fingerprint density at radius 3 is 2.15 bits per heavy atom. The lowest BCUT2D eigenvalue weighted by Crippen LogP contribution is -2.42. The van der Waals surface area contributed by atoms with Gasteiger partial charge in [-0.2, -0.15) is 12.7 Å². The first-order chi connectivity index (χ1) is 18.7. The number of hydrogen-bond donors (Lipinski definition) is 1. The first-order valence-corrected chi connectivity index (χ1v) is 15.3. The van der Waals surface area contributed by atoms with Gasteiger partial charge in [-0.1, -0.05) is 65.7 Å². The smallest absolute Gasteiger partial charge is 0.324 e. The molecule has 1 fully saturated rings. The van der Waals surface area contributed by atoms with E-state index in [1.54, 1.807) is 12.1 Å². The summed E-state index contributed by atoms with van der Waals surface area (Å²) >= 11 is 0. The van der Waals surface area contributed by atoms with Gasteiger partial charge in [0.1, 0.15) is 17.0 Å². The largest absolute Gasteiger partial charge is 0.468 e. The minimum atomic E-state index is -3.86. The van der Waals surface area contributed by atoms with Crippen LogP contribution in [-0.2, 0) is 34.8 Å². The standard InChI is InChI=1S/C29H34N2O6S2/c1-21-12-16-24(17-13-21)38(33)31-26(27(29(32)36-3)30-28(31)23-9-5-4-6-10-23)11-7-8-20-37-39(34,35)25-18-14-22(2)15-19-25/h4-6,9-10,12-19,26-28,30H,7-8,11,20H2,1-3H3/t26-,27+,28+,38?/m1/s1. The molecule has 208 valence electrons. The second-order valence-electron chi connectivity index (χ2n) is 9.56. The molecular formula is C29H34N2O6S2. The van der Waals surface area contributed by atoms with Gasteiger partial charge in [-0.05, 0) is 62.9 Å². The van der Waals surface area contributed by atoms with Crippen molar-refractivity contribution in [1.82, 2.24) is 9.62 Å². The van der Waals surface area contributed by atoms with Gasteiger partial charge in [0, 0.05) is 0 Å². The van der Waals surface area contributed by atoms with Crippen LogP contribution in [0.4, 0.5) is 0 Å². The fourth-order valence-electron chi connectivity index (χ4n) is 4.61. The summed E-state index contributed by atoms with van der Waals surface area (Å²) in [6, 6.07) is 22.4. The van der Waals surface area contributed by atoms with Crippen LogP contribution in [-0.4, -0.2) is 48.7 Å². The third-order valence-corrected chi connectivity index (χ3v) is 9.60. The minimum absolute atomic E-state index is 0.00240. The summed E-state index contributed by atoms with van der Waals surface area (Å²) in [7, 11) is -4.10. The minimum Gasteiger partial charge on any atom is -0.468 e. The van der Waals surface area contributed by atoms with E-state index in [-0.39, 0.29) is 11.5 Å². The van der Waals surface area contributed by atoms with Crippen molar-refractivity contribution < 1.29 is 26.3 Å². The van der Waals surface area contributed by atoms with Crippen molar-refractivity contribution >= 4 is 27.1 Å². The number of ether oxygens (including phenoxy) is 1. The van der Waals surface area contributed by atoms with Crippen molar-refractivity contribution in [1.29, 1.82) is 0 Å². The quantitative estimate of drug-likeness (QED) is 0.207. The fraction of sp³-hybridized carbons (Fsp3) is 0.345. The zero-order valence-corrected chi connectivity index (χ0v) is 23.9. The van der Waals surface area contributed by atoms with Crippen LogP contribution in [0.2, 0.25) is 0 Å². The molecule has 8 nitrogen and oxygen atoms in total. The average Bonchev–Trinajstić information content (AvgIpc) is 3.32. The van der Waals surface area contributed by atoms with Crippen LogP contribution in [0.25, 0.3) is 0 Å². The molecule has 1 aliphatic rings. The molecule has 1 aliphatic heterocycles. The first kappa shape index (κ1) is 29.1. The number of carbonyl (C=O) groups excluding carboxylic acids is 1. The number of methoxy groups -OCH3 is 1. The molecule has 3 aromatic rings. The molecule has 0 bridgehead atoms. The monoisotopic (exact) mass is 570 g/mol. The van der Waals surface area contributed by atoms with Crippen molar-refractivity contribution in [3.8, 4) is 0 Å². The van der Waals surface area contributed by atoms with Crippen LogP contribution in [0.15, 0.2) is 88.7 Å². The zero-order chi connectivity index (χ0) is 28.0. The van der Waals surface area contributed by atoms with E-state index in [0.717, 1.165) is 16.7 Å². The van der Waals surface area contributed by atoms with E-state index in [1.165, 1.54) is 19.2 Å². The first-order valence-electron chi connectivity index (χ1n) is 12.8. The van der Waals surface area contributed by atoms with Gasteiger partial charge in [0.25, 0.3) is 10.1 Å². The van der Waals surface area contributed by atoms with Crippen LogP contribution in [0.5, 0.6) is 0 Å². The van der Waals surface area contributed by atoms with Gasteiger partial charge in [-0.15, -0.1) is 0 Å². The molecule has 1 N–H and O–H groups in total. The third kappa shape index (κ3) is 7.01. The number of esters is 1. The topological polar surface area (TPSA) is 102 Å². The van der Waals surface area contributed by atoms with Gasteiger partial charge >= 0.3 is 5.97 Å². The van der Waals surface area contributed by atoms with E-state index in [4.69, 9.17) is 8.92 Å². The number of carbonyl (C=O) groups is 1. The van der Waals surface area contributed by atoms with Gasteiger partial charge in [0.05, 0.1) is 35.7 Å². The summed E-state index contributed by atoms with van der Waals surface area (Å²) in [6.07, 6.45) is 0.977. The summed E-state index contributed by atoms with van der Waals surface area (Å²) < 4.78 is 51.2. The summed E-state index contributed by atoms with van der Waals surface area (Å²) in [5.41, 5.74) is 2.89. The molecule has 0 aliphatic carbocycles. The number of hydrogen-bond acceptors (Lipinski definition) is 7. The summed E-state index contributed by atoms with van der Waals surface area (Å²) in [4.78, 5) is 13.6. The second-order valence-corrected chi connectivity index (χ2v) is 12.6. The van der Waals surface area contributed by atoms with Crippen molar-refractivity contribution in [3.05, 3.63) is 95.6 Å². The number of aryl methyl sites for hydroxylation is 2. The lowest BCUT2D eigenvalue weighted by Gasteiger charge is -2.29. The number of nitrogens with zero attached hydrogens (tertiary/aromatic N) is 1. The Balaban J connectivity index is 1.51. The Labute approximate surface area is 233 Å². The summed E-state index contributed by atoms with van der Waals surface area (Å²) in [5, 5.41) is 3.34. The molecule has 0 amide bonds. The molecule has 10 heteroatoms. The molecule has 0 spiro atoms. The number of benzene rings is 3. The SMILES string of the molecule is COC(=O)[C@H]1N[C@H](c2ccccc2)N(S(=O)c2ccc(C)cc2)[C@@H]1CCCCOS(=O)(=O)c1ccc(C)cc1. The van der Waals surface area contributed by atoms with Crippen LogP contribution in [0.3, 0.4) is 0 Å². The molecule has 0 aromatic heterocycles. The summed E-state index contributed by atoms with van der Waals surface area (Å²) in [6.45, 7) is 3.85. The molecule has 4 rings (SSSR count). The van der Waals surface area contributed by atoms with Crippen LogP contribution in [0, 0.1) is 13.8 Å². The molecule has 1 heterocycles. The fourth-order valence-corrected chi connectivity index (χ4v) is 7.01. The molecule has 3 aromatic carbocycles. The highest BCUT2D eigenvalue weighted by Crippen LogP contribution is 2.35. The van der Waals surface area contributed by atoms with E-state index >= 15 is 0 Å². The predicted octanol–water partition coefficient (Wildman–Crippen LogP) is 4.42. The highest BCUT2D eigenvalue weighted by molar-refractivity contribution is 7.86. The van der Waals surface area contributed by atoms with Crippen molar-refractivity contribution in [2.24, 2.45) is 0 Å². The molecule has 0 saturated carbocycles. The Hall–Kier alpha value is -2.89. The normalized spacial score (nSPS) is 20.5. The molecule has 1 unspecified atom stereocenters. The van der Waals surface area contributed by atoms with Crippen LogP contribution >= 0.6 is 0 Å². The van der Waals surface area contributed by atoms with Crippen molar-refractivity contribution in [2.45, 2.75) is 61.2 Å². The van der Waals surface area contributed by atoms with Crippen LogP contribution < -0.4 is 5.32 Å².